The number of benzene rings is 3. The molecule has 0 unspecified atom stereocenters. The van der Waals surface area contributed by atoms with Gasteiger partial charge in [-0.2, -0.15) is 0 Å². The predicted octanol–water partition coefficient (Wildman–Crippen LogP) is 8.41. The van der Waals surface area contributed by atoms with Crippen molar-refractivity contribution >= 4 is 10.8 Å². The molecule has 4 rings (SSSR count). The number of fused-ring (bicyclic) bond motifs is 1. The summed E-state index contributed by atoms with van der Waals surface area (Å²) in [5.74, 6) is 0.255. The van der Waals surface area contributed by atoms with E-state index in [0.717, 1.165) is 60.1 Å². The third kappa shape index (κ3) is 7.94. The summed E-state index contributed by atoms with van der Waals surface area (Å²) < 4.78 is 61.8. The molecular formula is C31H31F4NO2. The van der Waals surface area contributed by atoms with Gasteiger partial charge >= 0.3 is 6.36 Å². The van der Waals surface area contributed by atoms with Crippen molar-refractivity contribution < 1.29 is 27.0 Å². The molecule has 0 fully saturated rings. The molecule has 7 heteroatoms. The molecule has 1 aromatic heterocycles. The minimum atomic E-state index is -4.72. The molecule has 0 bridgehead atoms. The number of aryl methyl sites for hydroxylation is 4. The number of unbranched alkanes of at least 4 members (excludes halogenated alkanes) is 2. The summed E-state index contributed by atoms with van der Waals surface area (Å²) in [6, 6.07) is 19.1. The predicted molar refractivity (Wildman–Crippen MR) is 141 cm³/mol. The second-order valence-electron chi connectivity index (χ2n) is 9.33. The molecule has 0 radical (unpaired) electrons. The molecule has 4 aromatic rings. The number of rotatable bonds is 12. The van der Waals surface area contributed by atoms with Gasteiger partial charge in [-0.15, -0.1) is 13.2 Å². The highest BCUT2D eigenvalue weighted by Crippen LogP contribution is 2.26. The monoisotopic (exact) mass is 525 g/mol. The Morgan fingerprint density at radius 2 is 1.50 bits per heavy atom. The number of nitrogens with zero attached hydrogens (tertiary/aromatic N) is 1. The largest absolute Gasteiger partial charge is 0.573 e. The van der Waals surface area contributed by atoms with E-state index in [2.05, 4.69) is 16.6 Å². The second-order valence-corrected chi connectivity index (χ2v) is 9.33. The van der Waals surface area contributed by atoms with Crippen LogP contribution in [0, 0.1) is 5.82 Å². The molecule has 38 heavy (non-hydrogen) atoms. The molecule has 0 amide bonds. The zero-order chi connectivity index (χ0) is 27.0. The van der Waals surface area contributed by atoms with Crippen LogP contribution in [0.25, 0.3) is 10.8 Å². The number of hydrogen-bond donors (Lipinski definition) is 0. The van der Waals surface area contributed by atoms with E-state index in [-0.39, 0.29) is 11.6 Å². The Morgan fingerprint density at radius 3 is 2.21 bits per heavy atom. The topological polar surface area (TPSA) is 31.4 Å². The normalized spacial score (nSPS) is 11.6. The lowest BCUT2D eigenvalue weighted by Gasteiger charge is -2.10. The third-order valence-electron chi connectivity index (χ3n) is 6.42. The summed E-state index contributed by atoms with van der Waals surface area (Å²) >= 11 is 0. The molecule has 0 saturated heterocycles. The highest BCUT2D eigenvalue weighted by Gasteiger charge is 2.30. The van der Waals surface area contributed by atoms with Crippen molar-refractivity contribution in [1.82, 2.24) is 4.98 Å². The van der Waals surface area contributed by atoms with Gasteiger partial charge in [-0.05, 0) is 78.4 Å². The Kier molecular flexibility index (Phi) is 9.21. The SMILES string of the molecule is CCCCCOc1ccc(CCc2ccc3c(F)c(CCc4ccc(OC(F)(F)F)cc4)ccc3c2)nc1. The summed E-state index contributed by atoms with van der Waals surface area (Å²) in [6.45, 7) is 2.87. The first-order valence-electron chi connectivity index (χ1n) is 12.9. The summed E-state index contributed by atoms with van der Waals surface area (Å²) in [5, 5.41) is 1.39. The van der Waals surface area contributed by atoms with Gasteiger partial charge in [-0.3, -0.25) is 4.98 Å². The fraction of sp³-hybridized carbons (Fsp3) is 0.323. The summed E-state index contributed by atoms with van der Waals surface area (Å²) in [7, 11) is 0. The van der Waals surface area contributed by atoms with Gasteiger partial charge < -0.3 is 9.47 Å². The van der Waals surface area contributed by atoms with Crippen LogP contribution in [-0.4, -0.2) is 18.0 Å². The maximum atomic E-state index is 15.2. The molecule has 0 aliphatic rings. The average molecular weight is 526 g/mol. The second kappa shape index (κ2) is 12.8. The van der Waals surface area contributed by atoms with Gasteiger partial charge in [0.1, 0.15) is 17.3 Å². The molecule has 3 nitrogen and oxygen atoms in total. The van der Waals surface area contributed by atoms with E-state index in [1.807, 2.05) is 36.4 Å². The molecule has 0 aliphatic heterocycles. The standard InChI is InChI=1S/C31H31F4NO2/c1-2-3-4-19-37-28-17-14-26(36-21-28)13-6-23-9-18-29-25(20-23)12-11-24(30(29)32)10-5-22-7-15-27(16-8-22)38-31(33,34)35/h7-9,11-12,14-18,20-21H,2-6,10,13,19H2,1H3. The summed E-state index contributed by atoms with van der Waals surface area (Å²) in [5.41, 5.74) is 3.46. The van der Waals surface area contributed by atoms with Crippen LogP contribution in [0.15, 0.2) is 72.9 Å². The van der Waals surface area contributed by atoms with Crippen LogP contribution in [0.3, 0.4) is 0 Å². The van der Waals surface area contributed by atoms with Gasteiger partial charge in [0, 0.05) is 11.1 Å². The molecule has 200 valence electrons. The van der Waals surface area contributed by atoms with Crippen molar-refractivity contribution in [2.24, 2.45) is 0 Å². The fourth-order valence-corrected chi connectivity index (χ4v) is 4.33. The Labute approximate surface area is 220 Å². The van der Waals surface area contributed by atoms with Gasteiger partial charge in [0.15, 0.2) is 0 Å². The van der Waals surface area contributed by atoms with E-state index in [1.54, 1.807) is 24.4 Å². The average Bonchev–Trinajstić information content (AvgIpc) is 2.90. The Balaban J connectivity index is 1.32. The van der Waals surface area contributed by atoms with Crippen LogP contribution in [0.5, 0.6) is 11.5 Å². The third-order valence-corrected chi connectivity index (χ3v) is 6.42. The first-order chi connectivity index (χ1) is 18.3. The van der Waals surface area contributed by atoms with Gasteiger partial charge in [0.2, 0.25) is 0 Å². The van der Waals surface area contributed by atoms with E-state index in [4.69, 9.17) is 4.74 Å². The van der Waals surface area contributed by atoms with Crippen LogP contribution in [0.4, 0.5) is 17.6 Å². The molecule has 0 atom stereocenters. The minimum Gasteiger partial charge on any atom is -0.492 e. The van der Waals surface area contributed by atoms with Crippen molar-refractivity contribution in [3.05, 3.63) is 101 Å². The Bertz CT molecular complexity index is 1320. The van der Waals surface area contributed by atoms with Crippen LogP contribution in [0.2, 0.25) is 0 Å². The van der Waals surface area contributed by atoms with Crippen LogP contribution >= 0.6 is 0 Å². The lowest BCUT2D eigenvalue weighted by atomic mass is 9.98. The summed E-state index contributed by atoms with van der Waals surface area (Å²) in [4.78, 5) is 4.50. The smallest absolute Gasteiger partial charge is 0.492 e. The lowest BCUT2D eigenvalue weighted by molar-refractivity contribution is -0.274. The van der Waals surface area contributed by atoms with Crippen LogP contribution in [0.1, 0.15) is 48.6 Å². The maximum absolute atomic E-state index is 15.2. The zero-order valence-electron chi connectivity index (χ0n) is 21.4. The molecular weight excluding hydrogens is 494 g/mol. The van der Waals surface area contributed by atoms with Gasteiger partial charge in [-0.1, -0.05) is 62.2 Å². The number of alkyl halides is 3. The molecule has 1 heterocycles. The first kappa shape index (κ1) is 27.4. The van der Waals surface area contributed by atoms with Gasteiger partial charge in [0.05, 0.1) is 12.8 Å². The van der Waals surface area contributed by atoms with E-state index < -0.39 is 6.36 Å². The van der Waals surface area contributed by atoms with E-state index in [0.29, 0.717) is 30.4 Å². The molecule has 0 aliphatic carbocycles. The van der Waals surface area contributed by atoms with Crippen molar-refractivity contribution in [2.45, 2.75) is 58.2 Å². The number of aromatic nitrogens is 1. The fourth-order valence-electron chi connectivity index (χ4n) is 4.33. The molecule has 0 spiro atoms. The summed E-state index contributed by atoms with van der Waals surface area (Å²) in [6.07, 6.45) is 2.91. The van der Waals surface area contributed by atoms with Crippen molar-refractivity contribution in [1.29, 1.82) is 0 Å². The van der Waals surface area contributed by atoms with E-state index >= 15 is 4.39 Å². The number of pyridine rings is 1. The van der Waals surface area contributed by atoms with Crippen LogP contribution in [-0.2, 0) is 25.7 Å². The molecule has 0 N–H and O–H groups in total. The zero-order valence-corrected chi connectivity index (χ0v) is 21.4. The quantitative estimate of drug-likeness (QED) is 0.137. The Hall–Kier alpha value is -3.61. The van der Waals surface area contributed by atoms with Crippen LogP contribution < -0.4 is 9.47 Å². The lowest BCUT2D eigenvalue weighted by Crippen LogP contribution is -2.17. The van der Waals surface area contributed by atoms with Crippen molar-refractivity contribution in [3.63, 3.8) is 0 Å². The van der Waals surface area contributed by atoms with Crippen molar-refractivity contribution in [2.75, 3.05) is 6.61 Å². The van der Waals surface area contributed by atoms with Gasteiger partial charge in [-0.25, -0.2) is 4.39 Å². The molecule has 3 aromatic carbocycles. The number of halogens is 4. The van der Waals surface area contributed by atoms with Crippen molar-refractivity contribution in [3.8, 4) is 11.5 Å². The Morgan fingerprint density at radius 1 is 0.763 bits per heavy atom. The van der Waals surface area contributed by atoms with Gasteiger partial charge in [0.25, 0.3) is 0 Å². The highest BCUT2D eigenvalue weighted by molar-refractivity contribution is 5.84. The number of ether oxygens (including phenoxy) is 2. The first-order valence-corrected chi connectivity index (χ1v) is 12.9. The molecule has 0 saturated carbocycles. The maximum Gasteiger partial charge on any atom is 0.573 e. The number of hydrogen-bond acceptors (Lipinski definition) is 3. The van der Waals surface area contributed by atoms with E-state index in [1.165, 1.54) is 12.1 Å². The van der Waals surface area contributed by atoms with E-state index in [9.17, 15) is 13.2 Å². The minimum absolute atomic E-state index is 0.262. The highest BCUT2D eigenvalue weighted by atomic mass is 19.4.